The van der Waals surface area contributed by atoms with Crippen LogP contribution in [0.4, 0.5) is 12.9 Å². The summed E-state index contributed by atoms with van der Waals surface area (Å²) in [6, 6.07) is 3.94. The van der Waals surface area contributed by atoms with Crippen LogP contribution >= 0.6 is 0 Å². The van der Waals surface area contributed by atoms with E-state index in [9.17, 15) is 12.9 Å². The Morgan fingerprint density at radius 1 is 1.17 bits per heavy atom. The maximum atomic E-state index is 12.6. The Hall–Kier alpha value is -1.13. The van der Waals surface area contributed by atoms with Crippen molar-refractivity contribution in [1.82, 2.24) is 0 Å². The van der Waals surface area contributed by atoms with Crippen LogP contribution in [0, 0.1) is 12.3 Å². The summed E-state index contributed by atoms with van der Waals surface area (Å²) in [5.74, 6) is 0.501. The molecule has 0 amide bonds. The minimum atomic E-state index is -4.94. The molecule has 0 atom stereocenters. The Bertz CT molecular complexity index is 408. The van der Waals surface area contributed by atoms with E-state index in [-0.39, 0.29) is 11.0 Å². The number of hydrogen-bond donors (Lipinski definition) is 0. The van der Waals surface area contributed by atoms with E-state index in [0.717, 1.165) is 12.5 Å². The minimum absolute atomic E-state index is 0.157. The summed E-state index contributed by atoms with van der Waals surface area (Å²) in [6.07, 6.45) is 0.858. The lowest BCUT2D eigenvalue weighted by Gasteiger charge is -2.20. The van der Waals surface area contributed by atoms with Crippen LogP contribution in [0.15, 0.2) is 18.2 Å². The maximum Gasteiger partial charge on any atom is 0.509 e. The van der Waals surface area contributed by atoms with Crippen LogP contribution in [0.2, 0.25) is 0 Å². The maximum absolute atomic E-state index is 12.6. The lowest BCUT2D eigenvalue weighted by atomic mass is 9.77. The van der Waals surface area contributed by atoms with Gasteiger partial charge in [-0.05, 0) is 30.9 Å². The van der Waals surface area contributed by atoms with Gasteiger partial charge in [0.05, 0.1) is 6.61 Å². The van der Waals surface area contributed by atoms with Gasteiger partial charge in [0, 0.05) is 0 Å². The van der Waals surface area contributed by atoms with Gasteiger partial charge in [0.25, 0.3) is 0 Å². The fourth-order valence-electron chi connectivity index (χ4n) is 1.58. The van der Waals surface area contributed by atoms with Gasteiger partial charge in [-0.25, -0.2) is 0 Å². The first-order valence-electron chi connectivity index (χ1n) is 6.03. The predicted molar refractivity (Wildman–Crippen MR) is 69.5 cm³/mol. The summed E-state index contributed by atoms with van der Waals surface area (Å²) in [5.41, 5.74) is -0.168. The van der Waals surface area contributed by atoms with E-state index in [0.29, 0.717) is 12.4 Å². The van der Waals surface area contributed by atoms with Crippen LogP contribution in [0.1, 0.15) is 32.8 Å². The van der Waals surface area contributed by atoms with E-state index in [4.69, 9.17) is 4.74 Å². The summed E-state index contributed by atoms with van der Waals surface area (Å²) in [5, 5.41) is 0. The average Bonchev–Trinajstić information content (AvgIpc) is 2.13. The van der Waals surface area contributed by atoms with Gasteiger partial charge in [0.15, 0.2) is 0 Å². The second kappa shape index (κ2) is 5.25. The molecule has 0 N–H and O–H groups in total. The van der Waals surface area contributed by atoms with Crippen molar-refractivity contribution in [3.8, 4) is 5.75 Å². The van der Waals surface area contributed by atoms with Crippen LogP contribution in [0.3, 0.4) is 0 Å². The van der Waals surface area contributed by atoms with E-state index in [1.165, 1.54) is 19.1 Å². The summed E-state index contributed by atoms with van der Waals surface area (Å²) in [7, 11) is 0. The topological polar surface area (TPSA) is 9.23 Å². The Balaban J connectivity index is 2.68. The molecule has 0 saturated heterocycles. The largest absolute Gasteiger partial charge is 0.509 e. The van der Waals surface area contributed by atoms with Gasteiger partial charge in [-0.3, -0.25) is 0 Å². The number of hydrogen-bond acceptors (Lipinski definition) is 1. The molecule has 0 saturated carbocycles. The third-order valence-electron chi connectivity index (χ3n) is 2.71. The van der Waals surface area contributed by atoms with E-state index in [1.807, 2.05) is 0 Å². The molecule has 0 aliphatic carbocycles. The highest BCUT2D eigenvalue weighted by Gasteiger charge is 2.27. The highest BCUT2D eigenvalue weighted by atomic mass is 19.4. The van der Waals surface area contributed by atoms with Gasteiger partial charge in [0.2, 0.25) is 0 Å². The fourth-order valence-corrected chi connectivity index (χ4v) is 1.58. The molecular weight excluding hydrogens is 240 g/mol. The van der Waals surface area contributed by atoms with Crippen LogP contribution in [0.25, 0.3) is 0 Å². The molecule has 0 spiro atoms. The molecule has 102 valence electrons. The van der Waals surface area contributed by atoms with Gasteiger partial charge in [-0.2, -0.15) is 0 Å². The van der Waals surface area contributed by atoms with Crippen molar-refractivity contribution in [3.63, 3.8) is 0 Å². The number of aryl methyl sites for hydroxylation is 1. The minimum Gasteiger partial charge on any atom is -0.494 e. The zero-order chi connectivity index (χ0) is 14.0. The Morgan fingerprint density at radius 2 is 1.78 bits per heavy atom. The molecule has 0 radical (unpaired) electrons. The highest BCUT2D eigenvalue weighted by molar-refractivity contribution is 6.74. The molecule has 0 heterocycles. The fraction of sp³-hybridized carbons (Fsp3) is 0.538. The standard InChI is InChI=1S/C13H19BF3O/c1-10-9-11(18-8-7-13(2,3)4)5-6-12(10)14(15,16)17/h5-6,9H,7-8H2,1-4H3/q-1. The normalized spacial score (nSPS) is 12.6. The van der Waals surface area contributed by atoms with Crippen LogP contribution < -0.4 is 10.2 Å². The van der Waals surface area contributed by atoms with Crippen molar-refractivity contribution < 1.29 is 17.7 Å². The Labute approximate surface area is 106 Å². The summed E-state index contributed by atoms with van der Waals surface area (Å²) < 4.78 is 43.3. The first-order chi connectivity index (χ1) is 8.09. The second-order valence-electron chi connectivity index (χ2n) is 5.75. The van der Waals surface area contributed by atoms with Gasteiger partial charge in [0.1, 0.15) is 5.75 Å². The van der Waals surface area contributed by atoms with Crippen molar-refractivity contribution in [1.29, 1.82) is 0 Å². The molecule has 0 fully saturated rings. The first-order valence-corrected chi connectivity index (χ1v) is 6.03. The zero-order valence-corrected chi connectivity index (χ0v) is 11.3. The summed E-state index contributed by atoms with van der Waals surface area (Å²) in [6.45, 7) is 3.32. The third kappa shape index (κ3) is 4.63. The Morgan fingerprint density at radius 3 is 2.22 bits per heavy atom. The number of benzene rings is 1. The van der Waals surface area contributed by atoms with Crippen molar-refractivity contribution in [2.45, 2.75) is 34.1 Å². The third-order valence-corrected chi connectivity index (χ3v) is 2.71. The summed E-state index contributed by atoms with van der Waals surface area (Å²) in [4.78, 5) is 0. The van der Waals surface area contributed by atoms with Gasteiger partial charge < -0.3 is 17.7 Å². The van der Waals surface area contributed by atoms with Crippen molar-refractivity contribution in [2.24, 2.45) is 5.41 Å². The predicted octanol–water partition coefficient (Wildman–Crippen LogP) is 3.86. The van der Waals surface area contributed by atoms with Gasteiger partial charge in [-0.1, -0.05) is 32.4 Å². The van der Waals surface area contributed by atoms with E-state index in [2.05, 4.69) is 20.8 Å². The quantitative estimate of drug-likeness (QED) is 0.746. The van der Waals surface area contributed by atoms with Crippen LogP contribution in [-0.4, -0.2) is 13.6 Å². The molecule has 0 bridgehead atoms. The molecule has 1 nitrogen and oxygen atoms in total. The molecule has 1 aromatic rings. The molecule has 0 unspecified atom stereocenters. The van der Waals surface area contributed by atoms with Crippen LogP contribution in [-0.2, 0) is 0 Å². The van der Waals surface area contributed by atoms with E-state index < -0.39 is 12.4 Å². The first kappa shape index (κ1) is 14.9. The van der Waals surface area contributed by atoms with Crippen molar-refractivity contribution in [3.05, 3.63) is 23.8 Å². The van der Waals surface area contributed by atoms with Crippen molar-refractivity contribution in [2.75, 3.05) is 6.61 Å². The SMILES string of the molecule is Cc1cc(OCCC(C)(C)C)ccc1[B-](F)(F)F. The Kier molecular flexibility index (Phi) is 4.35. The number of rotatable bonds is 4. The van der Waals surface area contributed by atoms with Gasteiger partial charge in [-0.15, -0.1) is 5.46 Å². The molecular formula is C13H19BF3O-. The van der Waals surface area contributed by atoms with Crippen LogP contribution in [0.5, 0.6) is 5.75 Å². The molecule has 18 heavy (non-hydrogen) atoms. The van der Waals surface area contributed by atoms with E-state index in [1.54, 1.807) is 0 Å². The van der Waals surface area contributed by atoms with Gasteiger partial charge >= 0.3 is 6.98 Å². The van der Waals surface area contributed by atoms with E-state index >= 15 is 0 Å². The summed E-state index contributed by atoms with van der Waals surface area (Å²) >= 11 is 0. The second-order valence-corrected chi connectivity index (χ2v) is 5.75. The lowest BCUT2D eigenvalue weighted by Crippen LogP contribution is -2.35. The monoisotopic (exact) mass is 259 g/mol. The molecule has 0 aromatic heterocycles. The smallest absolute Gasteiger partial charge is 0.494 e. The highest BCUT2D eigenvalue weighted by Crippen LogP contribution is 2.21. The number of ether oxygens (including phenoxy) is 1. The average molecular weight is 259 g/mol. The molecule has 1 rings (SSSR count). The lowest BCUT2D eigenvalue weighted by molar-refractivity contribution is 0.243. The molecule has 5 heteroatoms. The molecule has 1 aromatic carbocycles. The zero-order valence-electron chi connectivity index (χ0n) is 11.3. The molecule has 0 aliphatic heterocycles. The van der Waals surface area contributed by atoms with Crippen molar-refractivity contribution >= 4 is 12.4 Å². The number of halogens is 3. The molecule has 0 aliphatic rings.